The third-order valence-corrected chi connectivity index (χ3v) is 3.83. The first-order valence-electron chi connectivity index (χ1n) is 7.54. The highest BCUT2D eigenvalue weighted by atomic mass is 16.3. The smallest absolute Gasteiger partial charge is 0.0849 e. The summed E-state index contributed by atoms with van der Waals surface area (Å²) < 4.78 is 1.94. The first-order chi connectivity index (χ1) is 9.31. The molecule has 1 saturated heterocycles. The van der Waals surface area contributed by atoms with Crippen molar-refractivity contribution in [3.8, 4) is 0 Å². The number of aromatic nitrogens is 3. The fraction of sp³-hybridized carbons (Fsp3) is 0.857. The van der Waals surface area contributed by atoms with E-state index >= 15 is 0 Å². The lowest BCUT2D eigenvalue weighted by Gasteiger charge is -2.32. The van der Waals surface area contributed by atoms with Gasteiger partial charge >= 0.3 is 0 Å². The highest BCUT2D eigenvalue weighted by molar-refractivity contribution is 4.92. The van der Waals surface area contributed by atoms with Gasteiger partial charge in [-0.2, -0.15) is 0 Å². The van der Waals surface area contributed by atoms with E-state index in [0.29, 0.717) is 12.3 Å². The van der Waals surface area contributed by atoms with E-state index in [1.807, 2.05) is 10.9 Å². The van der Waals surface area contributed by atoms with E-state index in [1.165, 1.54) is 45.3 Å². The molecule has 0 radical (unpaired) electrons. The van der Waals surface area contributed by atoms with Gasteiger partial charge in [0.25, 0.3) is 0 Å². The number of likely N-dealkylation sites (tertiary alicyclic amines) is 1. The zero-order valence-electron chi connectivity index (χ0n) is 12.0. The standard InChI is InChI=1S/C14H26N4O/c1-2-3-7-17-8-4-5-13(10-17)11-18-12-14(6-9-19)15-16-18/h12-13,19H,2-11H2,1H3. The molecule has 1 aliphatic heterocycles. The van der Waals surface area contributed by atoms with Crippen LogP contribution >= 0.6 is 0 Å². The second-order valence-electron chi connectivity index (χ2n) is 5.57. The van der Waals surface area contributed by atoms with Crippen LogP contribution in [0.5, 0.6) is 0 Å². The molecule has 1 unspecified atom stereocenters. The Bertz CT molecular complexity index is 366. The van der Waals surface area contributed by atoms with Gasteiger partial charge in [0.05, 0.1) is 5.69 Å². The molecule has 0 amide bonds. The fourth-order valence-electron chi connectivity index (χ4n) is 2.81. The number of aliphatic hydroxyl groups is 1. The van der Waals surface area contributed by atoms with Crippen LogP contribution in [0.4, 0.5) is 0 Å². The van der Waals surface area contributed by atoms with Crippen LogP contribution in [0.15, 0.2) is 6.20 Å². The lowest BCUT2D eigenvalue weighted by molar-refractivity contribution is 0.157. The van der Waals surface area contributed by atoms with Gasteiger partial charge in [-0.3, -0.25) is 4.68 Å². The number of piperidine rings is 1. The monoisotopic (exact) mass is 266 g/mol. The molecule has 1 aromatic rings. The van der Waals surface area contributed by atoms with Crippen LogP contribution in [0.25, 0.3) is 0 Å². The molecule has 2 rings (SSSR count). The lowest BCUT2D eigenvalue weighted by Crippen LogP contribution is -2.37. The summed E-state index contributed by atoms with van der Waals surface area (Å²) in [7, 11) is 0. The third kappa shape index (κ3) is 4.58. The molecule has 108 valence electrons. The van der Waals surface area contributed by atoms with Gasteiger partial charge in [-0.05, 0) is 38.3 Å². The summed E-state index contributed by atoms with van der Waals surface area (Å²) in [4.78, 5) is 2.59. The highest BCUT2D eigenvalue weighted by Crippen LogP contribution is 2.18. The minimum atomic E-state index is 0.146. The minimum Gasteiger partial charge on any atom is -0.396 e. The second-order valence-corrected chi connectivity index (χ2v) is 5.57. The molecule has 5 nitrogen and oxygen atoms in total. The minimum absolute atomic E-state index is 0.146. The molecular formula is C14H26N4O. The van der Waals surface area contributed by atoms with Crippen molar-refractivity contribution in [1.82, 2.24) is 19.9 Å². The maximum Gasteiger partial charge on any atom is 0.0849 e. The summed E-state index contributed by atoms with van der Waals surface area (Å²) in [6, 6.07) is 0. The molecule has 1 aromatic heterocycles. The van der Waals surface area contributed by atoms with Crippen LogP contribution in [0.3, 0.4) is 0 Å². The van der Waals surface area contributed by atoms with Gasteiger partial charge in [0.2, 0.25) is 0 Å². The Morgan fingerprint density at radius 1 is 1.47 bits per heavy atom. The Balaban J connectivity index is 1.80. The SMILES string of the molecule is CCCCN1CCCC(Cn2cc(CCO)nn2)C1. The summed E-state index contributed by atoms with van der Waals surface area (Å²) in [5, 5.41) is 17.1. The molecule has 19 heavy (non-hydrogen) atoms. The van der Waals surface area contributed by atoms with E-state index in [0.717, 1.165) is 12.2 Å². The van der Waals surface area contributed by atoms with Gasteiger partial charge < -0.3 is 10.0 Å². The molecule has 1 aliphatic rings. The summed E-state index contributed by atoms with van der Waals surface area (Å²) >= 11 is 0. The van der Waals surface area contributed by atoms with Crippen molar-refractivity contribution in [3.63, 3.8) is 0 Å². The normalized spacial score (nSPS) is 20.8. The van der Waals surface area contributed by atoms with Crippen molar-refractivity contribution >= 4 is 0 Å². The fourth-order valence-corrected chi connectivity index (χ4v) is 2.81. The Morgan fingerprint density at radius 3 is 3.16 bits per heavy atom. The van der Waals surface area contributed by atoms with E-state index in [4.69, 9.17) is 5.11 Å². The third-order valence-electron chi connectivity index (χ3n) is 3.83. The van der Waals surface area contributed by atoms with Crippen molar-refractivity contribution in [2.24, 2.45) is 5.92 Å². The summed E-state index contributed by atoms with van der Waals surface area (Å²) in [5.41, 5.74) is 0.890. The predicted octanol–water partition coefficient (Wildman–Crippen LogP) is 1.32. The summed E-state index contributed by atoms with van der Waals surface area (Å²) in [5.74, 6) is 0.689. The first-order valence-corrected chi connectivity index (χ1v) is 7.54. The van der Waals surface area contributed by atoms with E-state index in [2.05, 4.69) is 22.1 Å². The summed E-state index contributed by atoms with van der Waals surface area (Å²) in [6.45, 7) is 7.03. The molecule has 0 aliphatic carbocycles. The molecule has 2 heterocycles. The van der Waals surface area contributed by atoms with Crippen molar-refractivity contribution in [3.05, 3.63) is 11.9 Å². The number of hydrogen-bond donors (Lipinski definition) is 1. The number of unbranched alkanes of at least 4 members (excludes halogenated alkanes) is 1. The second kappa shape index (κ2) is 7.60. The molecule has 5 heteroatoms. The number of aliphatic hydroxyl groups excluding tert-OH is 1. The molecule has 0 saturated carbocycles. The molecule has 1 atom stereocenters. The van der Waals surface area contributed by atoms with Crippen molar-refractivity contribution in [2.75, 3.05) is 26.2 Å². The first kappa shape index (κ1) is 14.5. The van der Waals surface area contributed by atoms with Gasteiger partial charge in [0.15, 0.2) is 0 Å². The lowest BCUT2D eigenvalue weighted by atomic mass is 9.98. The molecule has 1 fully saturated rings. The average molecular weight is 266 g/mol. The zero-order valence-corrected chi connectivity index (χ0v) is 12.0. The van der Waals surface area contributed by atoms with Gasteiger partial charge in [0, 0.05) is 32.3 Å². The Morgan fingerprint density at radius 2 is 2.37 bits per heavy atom. The maximum atomic E-state index is 8.88. The van der Waals surface area contributed by atoms with E-state index < -0.39 is 0 Å². The average Bonchev–Trinajstić information content (AvgIpc) is 2.85. The van der Waals surface area contributed by atoms with E-state index in [9.17, 15) is 0 Å². The van der Waals surface area contributed by atoms with Crippen LogP contribution < -0.4 is 0 Å². The predicted molar refractivity (Wildman–Crippen MR) is 74.9 cm³/mol. The highest BCUT2D eigenvalue weighted by Gasteiger charge is 2.20. The molecular weight excluding hydrogens is 240 g/mol. The van der Waals surface area contributed by atoms with Crippen molar-refractivity contribution in [2.45, 2.75) is 45.6 Å². The van der Waals surface area contributed by atoms with Crippen LogP contribution in [-0.2, 0) is 13.0 Å². The van der Waals surface area contributed by atoms with Gasteiger partial charge in [0.1, 0.15) is 0 Å². The van der Waals surface area contributed by atoms with Crippen LogP contribution in [0.2, 0.25) is 0 Å². The quantitative estimate of drug-likeness (QED) is 0.809. The maximum absolute atomic E-state index is 8.88. The number of hydrogen-bond acceptors (Lipinski definition) is 4. The topological polar surface area (TPSA) is 54.2 Å². The van der Waals surface area contributed by atoms with Crippen molar-refractivity contribution < 1.29 is 5.11 Å². The van der Waals surface area contributed by atoms with Gasteiger partial charge in [-0.15, -0.1) is 5.10 Å². The van der Waals surface area contributed by atoms with Gasteiger partial charge in [-0.25, -0.2) is 0 Å². The van der Waals surface area contributed by atoms with Crippen LogP contribution in [-0.4, -0.2) is 51.2 Å². The molecule has 0 spiro atoms. The Kier molecular flexibility index (Phi) is 5.79. The largest absolute Gasteiger partial charge is 0.396 e. The van der Waals surface area contributed by atoms with E-state index in [-0.39, 0.29) is 6.61 Å². The van der Waals surface area contributed by atoms with Crippen molar-refractivity contribution in [1.29, 1.82) is 0 Å². The molecule has 1 N–H and O–H groups in total. The Hall–Kier alpha value is -0.940. The Labute approximate surface area is 115 Å². The summed E-state index contributed by atoms with van der Waals surface area (Å²) in [6.07, 6.45) is 7.74. The van der Waals surface area contributed by atoms with Crippen LogP contribution in [0, 0.1) is 5.92 Å². The number of rotatable bonds is 7. The molecule has 0 aromatic carbocycles. The zero-order chi connectivity index (χ0) is 13.5. The number of nitrogens with zero attached hydrogens (tertiary/aromatic N) is 4. The van der Waals surface area contributed by atoms with Crippen LogP contribution in [0.1, 0.15) is 38.3 Å². The van der Waals surface area contributed by atoms with E-state index in [1.54, 1.807) is 0 Å². The van der Waals surface area contributed by atoms with Gasteiger partial charge in [-0.1, -0.05) is 18.6 Å². The molecule has 0 bridgehead atoms.